The number of rotatable bonds is 9. The summed E-state index contributed by atoms with van der Waals surface area (Å²) in [5.74, 6) is -0.0177. The molecule has 0 amide bonds. The van der Waals surface area contributed by atoms with Gasteiger partial charge in [-0.15, -0.1) is 0 Å². The van der Waals surface area contributed by atoms with Gasteiger partial charge < -0.3 is 14.6 Å². The van der Waals surface area contributed by atoms with Crippen LogP contribution in [0.3, 0.4) is 0 Å². The summed E-state index contributed by atoms with van der Waals surface area (Å²) in [6.07, 6.45) is 0.981. The van der Waals surface area contributed by atoms with Crippen molar-refractivity contribution in [1.29, 1.82) is 0 Å². The van der Waals surface area contributed by atoms with Crippen LogP contribution >= 0.6 is 12.6 Å². The van der Waals surface area contributed by atoms with Gasteiger partial charge >= 0.3 is 5.97 Å². The van der Waals surface area contributed by atoms with Gasteiger partial charge in [0.25, 0.3) is 0 Å². The molecule has 5 heteroatoms. The van der Waals surface area contributed by atoms with E-state index in [-0.39, 0.29) is 13.0 Å². The second-order valence-electron chi connectivity index (χ2n) is 2.45. The number of hydrogen-bond donors (Lipinski definition) is 2. The molecule has 78 valence electrons. The molecule has 0 heterocycles. The Labute approximate surface area is 83.6 Å². The summed E-state index contributed by atoms with van der Waals surface area (Å²) in [5, 5.41) is 8.27. The Hall–Kier alpha value is -0.260. The Morgan fingerprint density at radius 2 is 1.77 bits per heavy atom. The van der Waals surface area contributed by atoms with Gasteiger partial charge in [0.2, 0.25) is 0 Å². The molecule has 4 nitrogen and oxygen atoms in total. The van der Waals surface area contributed by atoms with E-state index in [1.54, 1.807) is 0 Å². The Kier molecular flexibility index (Phi) is 9.63. The van der Waals surface area contributed by atoms with E-state index >= 15 is 0 Å². The van der Waals surface area contributed by atoms with E-state index < -0.39 is 5.97 Å². The lowest BCUT2D eigenvalue weighted by Gasteiger charge is -2.03. The maximum atomic E-state index is 10.1. The number of ether oxygens (including phenoxy) is 2. The first kappa shape index (κ1) is 12.7. The van der Waals surface area contributed by atoms with Crippen LogP contribution in [-0.4, -0.2) is 43.3 Å². The van der Waals surface area contributed by atoms with Crippen LogP contribution in [0.15, 0.2) is 0 Å². The molecular weight excluding hydrogens is 192 g/mol. The lowest BCUT2D eigenvalue weighted by atomic mass is 10.5. The van der Waals surface area contributed by atoms with Crippen molar-refractivity contribution in [2.75, 3.05) is 32.2 Å². The average molecular weight is 208 g/mol. The van der Waals surface area contributed by atoms with Crippen molar-refractivity contribution in [3.8, 4) is 0 Å². The van der Waals surface area contributed by atoms with Gasteiger partial charge in [0, 0.05) is 6.61 Å². The number of thiol groups is 1. The third-order valence-corrected chi connectivity index (χ3v) is 1.60. The maximum absolute atomic E-state index is 10.1. The molecule has 0 aromatic carbocycles. The van der Waals surface area contributed by atoms with Crippen LogP contribution in [-0.2, 0) is 14.3 Å². The van der Waals surface area contributed by atoms with Crippen LogP contribution in [0.25, 0.3) is 0 Å². The summed E-state index contributed by atoms with van der Waals surface area (Å²) in [6.45, 7) is 1.92. The summed E-state index contributed by atoms with van der Waals surface area (Å²) >= 11 is 4.03. The summed E-state index contributed by atoms with van der Waals surface area (Å²) in [7, 11) is 0. The summed E-state index contributed by atoms with van der Waals surface area (Å²) in [4.78, 5) is 10.1. The van der Waals surface area contributed by atoms with Crippen molar-refractivity contribution in [1.82, 2.24) is 0 Å². The second-order valence-corrected chi connectivity index (χ2v) is 2.89. The fourth-order valence-electron chi connectivity index (χ4n) is 0.648. The maximum Gasteiger partial charge on any atom is 0.305 e. The Balaban J connectivity index is 2.87. The Morgan fingerprint density at radius 1 is 1.15 bits per heavy atom. The third-order valence-electron chi connectivity index (χ3n) is 1.28. The molecule has 0 bridgehead atoms. The van der Waals surface area contributed by atoms with E-state index in [2.05, 4.69) is 12.6 Å². The summed E-state index contributed by atoms with van der Waals surface area (Å²) in [6, 6.07) is 0. The van der Waals surface area contributed by atoms with Gasteiger partial charge in [0.1, 0.15) is 0 Å². The van der Waals surface area contributed by atoms with E-state index in [0.29, 0.717) is 19.8 Å². The topological polar surface area (TPSA) is 55.8 Å². The van der Waals surface area contributed by atoms with E-state index in [1.165, 1.54) is 0 Å². The van der Waals surface area contributed by atoms with Crippen LogP contribution < -0.4 is 0 Å². The molecule has 0 unspecified atom stereocenters. The highest BCUT2D eigenvalue weighted by Gasteiger charge is 1.95. The fraction of sp³-hybridized carbons (Fsp3) is 0.875. The number of hydrogen-bond acceptors (Lipinski definition) is 4. The molecule has 0 spiro atoms. The first-order valence-corrected chi connectivity index (χ1v) is 4.88. The lowest BCUT2D eigenvalue weighted by molar-refractivity contribution is -0.138. The SMILES string of the molecule is O=C(O)CCOCCOCCCS. The highest BCUT2D eigenvalue weighted by atomic mass is 32.1. The van der Waals surface area contributed by atoms with Gasteiger partial charge in [-0.1, -0.05) is 0 Å². The predicted molar refractivity (Wildman–Crippen MR) is 52.4 cm³/mol. The molecule has 1 N–H and O–H groups in total. The van der Waals surface area contributed by atoms with Gasteiger partial charge in [0.15, 0.2) is 0 Å². The van der Waals surface area contributed by atoms with Gasteiger partial charge in [0.05, 0.1) is 26.2 Å². The molecule has 0 aliphatic carbocycles. The minimum Gasteiger partial charge on any atom is -0.481 e. The molecule has 0 fully saturated rings. The van der Waals surface area contributed by atoms with E-state index in [9.17, 15) is 4.79 Å². The minimum atomic E-state index is -0.837. The molecule has 0 aromatic rings. The molecule has 0 aromatic heterocycles. The first-order valence-electron chi connectivity index (χ1n) is 4.25. The molecule has 0 aliphatic rings. The Morgan fingerprint density at radius 3 is 2.31 bits per heavy atom. The van der Waals surface area contributed by atoms with Gasteiger partial charge in [-0.3, -0.25) is 4.79 Å². The van der Waals surface area contributed by atoms with Crippen LogP contribution in [0.5, 0.6) is 0 Å². The third kappa shape index (κ3) is 11.7. The highest BCUT2D eigenvalue weighted by Crippen LogP contribution is 1.87. The fourth-order valence-corrected chi connectivity index (χ4v) is 0.777. The van der Waals surface area contributed by atoms with Crippen molar-refractivity contribution in [2.24, 2.45) is 0 Å². The Bertz CT molecular complexity index is 129. The smallest absolute Gasteiger partial charge is 0.305 e. The molecule has 13 heavy (non-hydrogen) atoms. The highest BCUT2D eigenvalue weighted by molar-refractivity contribution is 7.80. The van der Waals surface area contributed by atoms with E-state index in [0.717, 1.165) is 12.2 Å². The second kappa shape index (κ2) is 9.83. The van der Waals surface area contributed by atoms with Crippen molar-refractivity contribution in [3.63, 3.8) is 0 Å². The van der Waals surface area contributed by atoms with E-state index in [1.807, 2.05) is 0 Å². The minimum absolute atomic E-state index is 0.0522. The van der Waals surface area contributed by atoms with Gasteiger partial charge in [-0.2, -0.15) is 12.6 Å². The molecule has 0 saturated carbocycles. The number of carboxylic acids is 1. The molecular formula is C8H16O4S. The molecule has 0 rings (SSSR count). The quantitative estimate of drug-likeness (QED) is 0.435. The standard InChI is InChI=1S/C8H16O4S/c9-8(10)2-4-12-6-5-11-3-1-7-13/h13H,1-7H2,(H,9,10). The summed E-state index contributed by atoms with van der Waals surface area (Å²) in [5.41, 5.74) is 0. The van der Waals surface area contributed by atoms with Crippen LogP contribution in [0.4, 0.5) is 0 Å². The zero-order chi connectivity index (χ0) is 9.94. The summed E-state index contributed by atoms with van der Waals surface area (Å²) < 4.78 is 10.2. The average Bonchev–Trinajstić information content (AvgIpc) is 2.09. The van der Waals surface area contributed by atoms with Crippen LogP contribution in [0.2, 0.25) is 0 Å². The molecule has 0 aliphatic heterocycles. The van der Waals surface area contributed by atoms with Crippen molar-refractivity contribution < 1.29 is 19.4 Å². The largest absolute Gasteiger partial charge is 0.481 e. The van der Waals surface area contributed by atoms with Crippen LogP contribution in [0, 0.1) is 0 Å². The predicted octanol–water partition coefficient (Wildman–Crippen LogP) is 0.814. The zero-order valence-corrected chi connectivity index (χ0v) is 8.46. The van der Waals surface area contributed by atoms with Crippen molar-refractivity contribution >= 4 is 18.6 Å². The monoisotopic (exact) mass is 208 g/mol. The number of aliphatic carboxylic acids is 1. The lowest BCUT2D eigenvalue weighted by Crippen LogP contribution is -2.08. The van der Waals surface area contributed by atoms with Gasteiger partial charge in [-0.05, 0) is 12.2 Å². The molecule has 0 saturated heterocycles. The number of carbonyl (C=O) groups is 1. The normalized spacial score (nSPS) is 10.2. The van der Waals surface area contributed by atoms with Crippen molar-refractivity contribution in [3.05, 3.63) is 0 Å². The van der Waals surface area contributed by atoms with Gasteiger partial charge in [-0.25, -0.2) is 0 Å². The number of carboxylic acid groups (broad SMARTS) is 1. The van der Waals surface area contributed by atoms with E-state index in [4.69, 9.17) is 14.6 Å². The zero-order valence-electron chi connectivity index (χ0n) is 7.57. The molecule has 0 atom stereocenters. The molecule has 0 radical (unpaired) electrons. The van der Waals surface area contributed by atoms with Crippen molar-refractivity contribution in [2.45, 2.75) is 12.8 Å². The van der Waals surface area contributed by atoms with Crippen LogP contribution in [0.1, 0.15) is 12.8 Å². The first-order chi connectivity index (χ1) is 6.27.